The van der Waals surface area contributed by atoms with E-state index in [2.05, 4.69) is 6.92 Å². The van der Waals surface area contributed by atoms with Crippen LogP contribution in [0.2, 0.25) is 0 Å². The van der Waals surface area contributed by atoms with Crippen molar-refractivity contribution in [3.8, 4) is 0 Å². The van der Waals surface area contributed by atoms with Crippen molar-refractivity contribution in [2.75, 3.05) is 19.7 Å². The van der Waals surface area contributed by atoms with Gasteiger partial charge in [0.25, 0.3) is 0 Å². The fourth-order valence-corrected chi connectivity index (χ4v) is 2.29. The van der Waals surface area contributed by atoms with E-state index in [1.165, 1.54) is 12.8 Å². The Bertz CT molecular complexity index is 194. The zero-order valence-corrected chi connectivity index (χ0v) is 9.20. The monoisotopic (exact) mass is 199 g/mol. The molecule has 3 heteroatoms. The molecule has 82 valence electrons. The summed E-state index contributed by atoms with van der Waals surface area (Å²) in [6, 6.07) is 0. The quantitative estimate of drug-likeness (QED) is 0.740. The Labute approximate surface area is 86.1 Å². The maximum absolute atomic E-state index is 12.0. The van der Waals surface area contributed by atoms with Gasteiger partial charge in [0.05, 0.1) is 6.61 Å². The van der Waals surface area contributed by atoms with Crippen LogP contribution in [-0.4, -0.2) is 35.6 Å². The second-order valence-electron chi connectivity index (χ2n) is 4.16. The van der Waals surface area contributed by atoms with Gasteiger partial charge in [-0.3, -0.25) is 4.79 Å². The number of carbonyl (C=O) groups is 1. The van der Waals surface area contributed by atoms with Crippen LogP contribution in [0.15, 0.2) is 0 Å². The Balaban J connectivity index is 2.52. The first-order chi connectivity index (χ1) is 6.70. The van der Waals surface area contributed by atoms with E-state index >= 15 is 0 Å². The standard InChI is InChI=1S/C11H21NO2/c1-3-12(7-8-13)11(14)10-6-4-5-9(10)2/h9-10,13H,3-8H2,1-2H3. The molecule has 0 heterocycles. The van der Waals surface area contributed by atoms with Gasteiger partial charge in [-0.05, 0) is 25.7 Å². The average Bonchev–Trinajstić information content (AvgIpc) is 2.59. The summed E-state index contributed by atoms with van der Waals surface area (Å²) in [6.45, 7) is 5.39. The van der Waals surface area contributed by atoms with Crippen LogP contribution >= 0.6 is 0 Å². The number of likely N-dealkylation sites (N-methyl/N-ethyl adjacent to an activating group) is 1. The van der Waals surface area contributed by atoms with Gasteiger partial charge in [-0.1, -0.05) is 13.3 Å². The van der Waals surface area contributed by atoms with Crippen LogP contribution in [0.1, 0.15) is 33.1 Å². The van der Waals surface area contributed by atoms with Gasteiger partial charge in [0, 0.05) is 19.0 Å². The van der Waals surface area contributed by atoms with Crippen LogP contribution in [0.3, 0.4) is 0 Å². The lowest BCUT2D eigenvalue weighted by Gasteiger charge is -2.25. The van der Waals surface area contributed by atoms with Crippen molar-refractivity contribution < 1.29 is 9.90 Å². The normalized spacial score (nSPS) is 26.5. The largest absolute Gasteiger partial charge is 0.395 e. The van der Waals surface area contributed by atoms with E-state index in [0.717, 1.165) is 6.42 Å². The highest BCUT2D eigenvalue weighted by Crippen LogP contribution is 2.32. The number of hydrogen-bond acceptors (Lipinski definition) is 2. The molecule has 1 N–H and O–H groups in total. The van der Waals surface area contributed by atoms with Crippen LogP contribution < -0.4 is 0 Å². The Hall–Kier alpha value is -0.570. The van der Waals surface area contributed by atoms with E-state index in [4.69, 9.17) is 5.11 Å². The van der Waals surface area contributed by atoms with Crippen molar-refractivity contribution in [3.63, 3.8) is 0 Å². The third-order valence-corrected chi connectivity index (χ3v) is 3.24. The molecule has 0 bridgehead atoms. The second kappa shape index (κ2) is 5.35. The molecule has 0 saturated heterocycles. The van der Waals surface area contributed by atoms with Crippen molar-refractivity contribution in [2.24, 2.45) is 11.8 Å². The highest BCUT2D eigenvalue weighted by molar-refractivity contribution is 5.79. The molecule has 1 amide bonds. The van der Waals surface area contributed by atoms with Crippen molar-refractivity contribution in [2.45, 2.75) is 33.1 Å². The number of amides is 1. The molecule has 0 aromatic heterocycles. The number of nitrogens with zero attached hydrogens (tertiary/aromatic N) is 1. The van der Waals surface area contributed by atoms with E-state index < -0.39 is 0 Å². The first kappa shape index (κ1) is 11.5. The molecule has 1 aliphatic rings. The van der Waals surface area contributed by atoms with Gasteiger partial charge in [-0.25, -0.2) is 0 Å². The van der Waals surface area contributed by atoms with E-state index in [1.54, 1.807) is 4.90 Å². The molecule has 0 aromatic rings. The SMILES string of the molecule is CCN(CCO)C(=O)C1CCCC1C. The molecular weight excluding hydrogens is 178 g/mol. The minimum Gasteiger partial charge on any atom is -0.395 e. The molecule has 1 fully saturated rings. The summed E-state index contributed by atoms with van der Waals surface area (Å²) < 4.78 is 0. The predicted molar refractivity (Wildman–Crippen MR) is 55.8 cm³/mol. The molecule has 14 heavy (non-hydrogen) atoms. The lowest BCUT2D eigenvalue weighted by atomic mass is 9.96. The zero-order valence-electron chi connectivity index (χ0n) is 9.20. The molecule has 0 spiro atoms. The van der Waals surface area contributed by atoms with Gasteiger partial charge in [-0.2, -0.15) is 0 Å². The average molecular weight is 199 g/mol. The third kappa shape index (κ3) is 2.47. The van der Waals surface area contributed by atoms with Gasteiger partial charge in [-0.15, -0.1) is 0 Å². The summed E-state index contributed by atoms with van der Waals surface area (Å²) in [6.07, 6.45) is 3.38. The summed E-state index contributed by atoms with van der Waals surface area (Å²) in [5.74, 6) is 0.975. The van der Waals surface area contributed by atoms with Crippen LogP contribution in [0.25, 0.3) is 0 Å². The fourth-order valence-electron chi connectivity index (χ4n) is 2.29. The van der Waals surface area contributed by atoms with E-state index in [0.29, 0.717) is 19.0 Å². The van der Waals surface area contributed by atoms with Gasteiger partial charge >= 0.3 is 0 Å². The lowest BCUT2D eigenvalue weighted by molar-refractivity contribution is -0.136. The van der Waals surface area contributed by atoms with Crippen molar-refractivity contribution in [3.05, 3.63) is 0 Å². The number of aliphatic hydroxyl groups excluding tert-OH is 1. The summed E-state index contributed by atoms with van der Waals surface area (Å²) in [4.78, 5) is 13.8. The Kier molecular flexibility index (Phi) is 4.39. The van der Waals surface area contributed by atoms with Crippen LogP contribution in [0.5, 0.6) is 0 Å². The van der Waals surface area contributed by atoms with Gasteiger partial charge in [0.1, 0.15) is 0 Å². The predicted octanol–water partition coefficient (Wildman–Crippen LogP) is 1.26. The molecule has 1 aliphatic carbocycles. The van der Waals surface area contributed by atoms with Crippen LogP contribution in [0, 0.1) is 11.8 Å². The molecule has 2 atom stereocenters. The summed E-state index contributed by atoms with van der Waals surface area (Å²) >= 11 is 0. The number of aliphatic hydroxyl groups is 1. The molecule has 0 aliphatic heterocycles. The maximum atomic E-state index is 12.0. The van der Waals surface area contributed by atoms with Gasteiger partial charge < -0.3 is 10.0 Å². The second-order valence-corrected chi connectivity index (χ2v) is 4.16. The van der Waals surface area contributed by atoms with Crippen molar-refractivity contribution in [1.82, 2.24) is 4.90 Å². The van der Waals surface area contributed by atoms with Gasteiger partial charge in [0.15, 0.2) is 0 Å². The molecule has 1 rings (SSSR count). The fraction of sp³-hybridized carbons (Fsp3) is 0.909. The first-order valence-electron chi connectivity index (χ1n) is 5.60. The summed E-state index contributed by atoms with van der Waals surface area (Å²) in [5.41, 5.74) is 0. The number of hydrogen-bond donors (Lipinski definition) is 1. The highest BCUT2D eigenvalue weighted by Gasteiger charge is 2.31. The molecule has 0 aromatic carbocycles. The van der Waals surface area contributed by atoms with E-state index in [9.17, 15) is 4.79 Å². The first-order valence-corrected chi connectivity index (χ1v) is 5.60. The topological polar surface area (TPSA) is 40.5 Å². The smallest absolute Gasteiger partial charge is 0.226 e. The van der Waals surface area contributed by atoms with Crippen LogP contribution in [0.4, 0.5) is 0 Å². The number of carbonyl (C=O) groups excluding carboxylic acids is 1. The van der Waals surface area contributed by atoms with E-state index in [-0.39, 0.29) is 18.4 Å². The Morgan fingerprint density at radius 1 is 1.50 bits per heavy atom. The highest BCUT2D eigenvalue weighted by atomic mass is 16.3. The van der Waals surface area contributed by atoms with Crippen molar-refractivity contribution >= 4 is 5.91 Å². The molecule has 2 unspecified atom stereocenters. The molecule has 0 radical (unpaired) electrons. The third-order valence-electron chi connectivity index (χ3n) is 3.24. The molecule has 1 saturated carbocycles. The van der Waals surface area contributed by atoms with Crippen molar-refractivity contribution in [1.29, 1.82) is 0 Å². The van der Waals surface area contributed by atoms with E-state index in [1.807, 2.05) is 6.92 Å². The summed E-state index contributed by atoms with van der Waals surface area (Å²) in [7, 11) is 0. The van der Waals surface area contributed by atoms with Crippen LogP contribution in [-0.2, 0) is 4.79 Å². The zero-order chi connectivity index (χ0) is 10.6. The summed E-state index contributed by atoms with van der Waals surface area (Å²) in [5, 5.41) is 8.83. The lowest BCUT2D eigenvalue weighted by Crippen LogP contribution is -2.38. The Morgan fingerprint density at radius 3 is 2.64 bits per heavy atom. The molecule has 3 nitrogen and oxygen atoms in total. The minimum absolute atomic E-state index is 0.0701. The molecular formula is C11H21NO2. The maximum Gasteiger partial charge on any atom is 0.226 e. The minimum atomic E-state index is 0.0701. The van der Waals surface area contributed by atoms with Gasteiger partial charge in [0.2, 0.25) is 5.91 Å². The Morgan fingerprint density at radius 2 is 2.21 bits per heavy atom. The number of rotatable bonds is 4.